The first kappa shape index (κ1) is 41.4. The smallest absolute Gasteiger partial charge is 0.417 e. The highest BCUT2D eigenvalue weighted by molar-refractivity contribution is 14.1. The van der Waals surface area contributed by atoms with Gasteiger partial charge in [-0.3, -0.25) is 29.5 Å². The van der Waals surface area contributed by atoms with Crippen molar-refractivity contribution in [2.24, 2.45) is 23.7 Å². The second-order valence-electron chi connectivity index (χ2n) is 15.6. The predicted octanol–water partition coefficient (Wildman–Crippen LogP) is 7.75. The lowest BCUT2D eigenvalue weighted by atomic mass is 9.49. The van der Waals surface area contributed by atoms with Crippen LogP contribution in [0.4, 0.5) is 30.4 Å². The van der Waals surface area contributed by atoms with Gasteiger partial charge in [-0.2, -0.15) is 18.2 Å². The number of benzene rings is 3. The summed E-state index contributed by atoms with van der Waals surface area (Å²) in [4.78, 5) is 66.9. The summed E-state index contributed by atoms with van der Waals surface area (Å²) in [6.07, 6.45) is -2.24. The van der Waals surface area contributed by atoms with E-state index in [-0.39, 0.29) is 36.1 Å². The third-order valence-corrected chi connectivity index (χ3v) is 14.0. The Hall–Kier alpha value is -4.91. The van der Waals surface area contributed by atoms with E-state index in [2.05, 4.69) is 15.3 Å². The van der Waals surface area contributed by atoms with Crippen LogP contribution in [0.15, 0.2) is 84.6 Å². The normalized spacial score (nSPS) is 26.2. The van der Waals surface area contributed by atoms with Crippen molar-refractivity contribution in [2.45, 2.75) is 30.4 Å². The number of aromatic nitrogens is 1. The highest BCUT2D eigenvalue weighted by Gasteiger charge is 2.70. The van der Waals surface area contributed by atoms with Gasteiger partial charge in [0.15, 0.2) is 17.3 Å². The summed E-state index contributed by atoms with van der Waals surface area (Å²) in [5, 5.41) is 11.6. The topological polar surface area (TPSA) is 142 Å². The van der Waals surface area contributed by atoms with Gasteiger partial charge < -0.3 is 19.5 Å². The Bertz CT molecular complexity index is 2520. The number of carbonyl (C=O) groups is 4. The van der Waals surface area contributed by atoms with Gasteiger partial charge in [-0.05, 0) is 107 Å². The molecule has 0 bridgehead atoms. The van der Waals surface area contributed by atoms with Crippen molar-refractivity contribution < 1.29 is 46.9 Å². The molecule has 0 spiro atoms. The number of phenols is 1. The molecule has 2 N–H and O–H groups in total. The van der Waals surface area contributed by atoms with Gasteiger partial charge in [0.25, 0.3) is 11.8 Å². The monoisotopic (exact) mass is 987 g/mol. The largest absolute Gasteiger partial charge is 0.504 e. The number of rotatable bonds is 7. The first-order valence-electron chi connectivity index (χ1n) is 19.4. The average Bonchev–Trinajstić information content (AvgIpc) is 3.63. The maximum atomic E-state index is 15.5. The summed E-state index contributed by atoms with van der Waals surface area (Å²) in [6.45, 7) is 2.58. The molecule has 18 heteroatoms. The SMILES string of the molecule is COc1cc([C@H]2C3=CC[C@@H]4C(=O)N(c5ccc(N6CCOCC6)cc5)C(=O)[C@@H]4[C@@H]3C[C@H]3C(=O)N(Nc4ncc(C(F)(F)F)cc4Cl)C(=O)[C@@]23c2ccc(Cl)cc2)cc(I)c1O. The number of imide groups is 2. The summed E-state index contributed by atoms with van der Waals surface area (Å²) in [5.74, 6) is -7.41. The van der Waals surface area contributed by atoms with Crippen LogP contribution >= 0.6 is 45.8 Å². The van der Waals surface area contributed by atoms with E-state index in [0.29, 0.717) is 69.5 Å². The first-order chi connectivity index (χ1) is 29.1. The number of hydrazine groups is 1. The van der Waals surface area contributed by atoms with Crippen LogP contribution in [0.2, 0.25) is 10.0 Å². The molecular formula is C43H35Cl2F3IN5O7. The predicted molar refractivity (Wildman–Crippen MR) is 226 cm³/mol. The van der Waals surface area contributed by atoms with E-state index in [1.54, 1.807) is 48.5 Å². The molecule has 0 unspecified atom stereocenters. The average molecular weight is 989 g/mol. The third-order valence-electron chi connectivity index (χ3n) is 12.6. The lowest BCUT2D eigenvalue weighted by Crippen LogP contribution is -2.53. The third kappa shape index (κ3) is 6.63. The highest BCUT2D eigenvalue weighted by Crippen LogP contribution is 2.65. The van der Waals surface area contributed by atoms with E-state index < -0.39 is 69.5 Å². The Morgan fingerprint density at radius 2 is 1.62 bits per heavy atom. The van der Waals surface area contributed by atoms with Crippen LogP contribution < -0.4 is 20.0 Å². The van der Waals surface area contributed by atoms with Crippen LogP contribution in [0.3, 0.4) is 0 Å². The number of pyridine rings is 1. The van der Waals surface area contributed by atoms with E-state index in [0.717, 1.165) is 10.7 Å². The van der Waals surface area contributed by atoms with Crippen molar-refractivity contribution in [3.63, 3.8) is 0 Å². The number of phenolic OH excluding ortho intramolecular Hbond substituents is 1. The molecule has 1 saturated carbocycles. The van der Waals surface area contributed by atoms with E-state index in [9.17, 15) is 27.9 Å². The van der Waals surface area contributed by atoms with Crippen LogP contribution in [0.5, 0.6) is 11.5 Å². The van der Waals surface area contributed by atoms with Gasteiger partial charge in [-0.1, -0.05) is 47.0 Å². The Morgan fingerprint density at radius 1 is 0.934 bits per heavy atom. The fraction of sp³-hybridized carbons (Fsp3) is 0.326. The van der Waals surface area contributed by atoms with Gasteiger partial charge in [-0.25, -0.2) is 4.98 Å². The molecular weight excluding hydrogens is 953 g/mol. The molecule has 3 saturated heterocycles. The zero-order chi connectivity index (χ0) is 43.1. The fourth-order valence-corrected chi connectivity index (χ4v) is 10.9. The van der Waals surface area contributed by atoms with Gasteiger partial charge in [0.2, 0.25) is 11.8 Å². The Balaban J connectivity index is 1.18. The molecule has 2 aliphatic carbocycles. The van der Waals surface area contributed by atoms with Gasteiger partial charge in [-0.15, -0.1) is 0 Å². The minimum absolute atomic E-state index is 0.0573. The number of nitrogens with zero attached hydrogens (tertiary/aromatic N) is 4. The summed E-state index contributed by atoms with van der Waals surface area (Å²) in [6, 6.07) is 17.6. The summed E-state index contributed by atoms with van der Waals surface area (Å²) in [7, 11) is 1.38. The lowest BCUT2D eigenvalue weighted by molar-refractivity contribution is -0.139. The number of anilines is 3. The number of halogens is 6. The van der Waals surface area contributed by atoms with Crippen molar-refractivity contribution in [1.29, 1.82) is 0 Å². The zero-order valence-electron chi connectivity index (χ0n) is 32.1. The minimum Gasteiger partial charge on any atom is -0.504 e. The number of hydrogen-bond donors (Lipinski definition) is 2. The number of amides is 4. The van der Waals surface area contributed by atoms with Crippen LogP contribution in [0.25, 0.3) is 0 Å². The van der Waals surface area contributed by atoms with Crippen LogP contribution in [0, 0.1) is 27.2 Å². The summed E-state index contributed by atoms with van der Waals surface area (Å²) < 4.78 is 52.2. The van der Waals surface area contributed by atoms with Crippen molar-refractivity contribution in [1.82, 2.24) is 9.99 Å². The Kier molecular flexibility index (Phi) is 10.5. The quantitative estimate of drug-likeness (QED) is 0.107. The maximum Gasteiger partial charge on any atom is 0.417 e. The van der Waals surface area contributed by atoms with Crippen molar-refractivity contribution in [3.05, 3.63) is 115 Å². The number of allylic oxidation sites excluding steroid dienone is 2. The number of nitrogens with one attached hydrogen (secondary N) is 1. The minimum atomic E-state index is -4.76. The molecule has 4 aromatic rings. The number of morpholine rings is 1. The number of aromatic hydroxyl groups is 1. The molecule has 12 nitrogen and oxygen atoms in total. The van der Waals surface area contributed by atoms with Gasteiger partial charge in [0.1, 0.15) is 0 Å². The van der Waals surface area contributed by atoms with Crippen molar-refractivity contribution in [2.75, 3.05) is 48.6 Å². The molecule has 0 radical (unpaired) electrons. The molecule has 61 heavy (non-hydrogen) atoms. The molecule has 5 aliphatic rings. The van der Waals surface area contributed by atoms with E-state index in [1.165, 1.54) is 12.0 Å². The molecule has 3 aromatic carbocycles. The van der Waals surface area contributed by atoms with Crippen LogP contribution in [-0.2, 0) is 35.5 Å². The van der Waals surface area contributed by atoms with Crippen molar-refractivity contribution in [3.8, 4) is 11.5 Å². The number of carbonyl (C=O) groups excluding carboxylic acids is 4. The molecule has 4 fully saturated rings. The van der Waals surface area contributed by atoms with Crippen LogP contribution in [-0.4, -0.2) is 72.1 Å². The van der Waals surface area contributed by atoms with Crippen LogP contribution in [0.1, 0.15) is 35.4 Å². The number of hydrogen-bond acceptors (Lipinski definition) is 10. The second-order valence-corrected chi connectivity index (χ2v) is 17.6. The summed E-state index contributed by atoms with van der Waals surface area (Å²) in [5.41, 5.74) is 2.56. The van der Waals surface area contributed by atoms with E-state index in [1.807, 2.05) is 40.8 Å². The molecule has 4 amide bonds. The Morgan fingerprint density at radius 3 is 2.28 bits per heavy atom. The number of alkyl halides is 3. The second kappa shape index (κ2) is 15.5. The van der Waals surface area contributed by atoms with Gasteiger partial charge >= 0.3 is 6.18 Å². The molecule has 3 aliphatic heterocycles. The summed E-state index contributed by atoms with van der Waals surface area (Å²) >= 11 is 14.6. The molecule has 6 atom stereocenters. The van der Waals surface area contributed by atoms with Gasteiger partial charge in [0, 0.05) is 35.9 Å². The number of ether oxygens (including phenoxy) is 2. The number of methoxy groups -OCH3 is 1. The first-order valence-corrected chi connectivity index (χ1v) is 21.2. The standard InChI is InChI=1S/C43H35Cl2F3IN5O7/c1-60-33-17-21(16-32(49)36(33)55)35-27-10-11-28-34(40(58)53(38(28)56)26-8-6-25(7-9-26)52-12-14-61-15-13-52)29(27)19-30-39(57)54(41(59)42(30,35)22-2-4-24(44)5-3-22)51-37-31(45)18-23(20-50-37)43(46,47)48/h2-10,16-18,20,28-30,34-35,55H,11-15,19H2,1H3,(H,50,51)/t28-,29+,30-,34-,35-,42+/m0/s1. The Labute approximate surface area is 370 Å². The maximum absolute atomic E-state index is 15.5. The molecule has 316 valence electrons. The van der Waals surface area contributed by atoms with Crippen molar-refractivity contribution >= 4 is 86.6 Å². The van der Waals surface area contributed by atoms with E-state index >= 15 is 9.59 Å². The molecule has 4 heterocycles. The highest BCUT2D eigenvalue weighted by atomic mass is 127. The van der Waals surface area contributed by atoms with Gasteiger partial charge in [0.05, 0.1) is 63.3 Å². The number of fused-ring (bicyclic) bond motifs is 4. The fourth-order valence-electron chi connectivity index (χ4n) is 9.96. The molecule has 1 aromatic heterocycles. The lowest BCUT2D eigenvalue weighted by Gasteiger charge is -2.50. The zero-order valence-corrected chi connectivity index (χ0v) is 35.8. The van der Waals surface area contributed by atoms with E-state index in [4.69, 9.17) is 32.7 Å². The molecule has 9 rings (SSSR count).